The van der Waals surface area contributed by atoms with E-state index in [0.717, 1.165) is 17.5 Å². The van der Waals surface area contributed by atoms with E-state index in [4.69, 9.17) is 5.21 Å². The zero-order chi connectivity index (χ0) is 13.0. The highest BCUT2D eigenvalue weighted by Gasteiger charge is 2.04. The summed E-state index contributed by atoms with van der Waals surface area (Å²) in [5, 5.41) is 8.53. The number of carbonyl (C=O) groups is 1. The number of amides is 1. The number of hydrogen-bond donors (Lipinski definition) is 2. The van der Waals surface area contributed by atoms with Gasteiger partial charge in [0.1, 0.15) is 0 Å². The van der Waals surface area contributed by atoms with Crippen LogP contribution in [0.1, 0.15) is 22.8 Å². The fraction of sp³-hybridized carbons (Fsp3) is 0.133. The van der Waals surface area contributed by atoms with Gasteiger partial charge in [0.05, 0.1) is 0 Å². The number of benzene rings is 2. The number of hydroxylamine groups is 1. The minimum Gasteiger partial charge on any atom is -0.288 e. The Labute approximate surface area is 106 Å². The molecule has 0 fully saturated rings. The van der Waals surface area contributed by atoms with Gasteiger partial charge in [0.2, 0.25) is 0 Å². The van der Waals surface area contributed by atoms with Crippen LogP contribution in [0.25, 0.3) is 11.1 Å². The molecule has 0 aliphatic heterocycles. The SMILES string of the molecule is CCc1ccc(-c2ccc(C(=O)NO)cc2)cc1. The van der Waals surface area contributed by atoms with E-state index in [1.165, 1.54) is 5.56 Å². The molecule has 0 saturated carbocycles. The van der Waals surface area contributed by atoms with Crippen molar-refractivity contribution >= 4 is 5.91 Å². The molecule has 0 spiro atoms. The van der Waals surface area contributed by atoms with Crippen LogP contribution in [0, 0.1) is 0 Å². The molecule has 2 aromatic rings. The summed E-state index contributed by atoms with van der Waals surface area (Å²) >= 11 is 0. The van der Waals surface area contributed by atoms with Crippen molar-refractivity contribution < 1.29 is 10.0 Å². The van der Waals surface area contributed by atoms with Gasteiger partial charge in [0.15, 0.2) is 0 Å². The maximum absolute atomic E-state index is 11.2. The van der Waals surface area contributed by atoms with Crippen LogP contribution in [-0.2, 0) is 6.42 Å². The lowest BCUT2D eigenvalue weighted by molar-refractivity contribution is 0.0706. The normalized spacial score (nSPS) is 10.1. The molecule has 2 aromatic carbocycles. The molecule has 0 unspecified atom stereocenters. The summed E-state index contributed by atoms with van der Waals surface area (Å²) in [7, 11) is 0. The van der Waals surface area contributed by atoms with Crippen molar-refractivity contribution in [1.29, 1.82) is 0 Å². The van der Waals surface area contributed by atoms with Gasteiger partial charge in [0.25, 0.3) is 5.91 Å². The minimum absolute atomic E-state index is 0.437. The molecule has 0 aromatic heterocycles. The number of rotatable bonds is 3. The molecular formula is C15H15NO2. The van der Waals surface area contributed by atoms with Crippen molar-refractivity contribution in [1.82, 2.24) is 5.48 Å². The quantitative estimate of drug-likeness (QED) is 0.641. The lowest BCUT2D eigenvalue weighted by Crippen LogP contribution is -2.18. The fourth-order valence-electron chi connectivity index (χ4n) is 1.81. The largest absolute Gasteiger partial charge is 0.288 e. The molecule has 3 heteroatoms. The average Bonchev–Trinajstić information content (AvgIpc) is 2.47. The smallest absolute Gasteiger partial charge is 0.274 e. The van der Waals surface area contributed by atoms with Gasteiger partial charge in [-0.2, -0.15) is 0 Å². The third-order valence-electron chi connectivity index (χ3n) is 2.94. The highest BCUT2D eigenvalue weighted by Crippen LogP contribution is 2.20. The minimum atomic E-state index is -0.497. The maximum Gasteiger partial charge on any atom is 0.274 e. The molecule has 0 aliphatic carbocycles. The Morgan fingerprint density at radius 2 is 1.50 bits per heavy atom. The van der Waals surface area contributed by atoms with Crippen LogP contribution in [0.3, 0.4) is 0 Å². The highest BCUT2D eigenvalue weighted by atomic mass is 16.5. The van der Waals surface area contributed by atoms with Crippen molar-refractivity contribution in [2.24, 2.45) is 0 Å². The lowest BCUT2D eigenvalue weighted by Gasteiger charge is -2.04. The van der Waals surface area contributed by atoms with Gasteiger partial charge in [-0.25, -0.2) is 5.48 Å². The van der Waals surface area contributed by atoms with Crippen molar-refractivity contribution in [3.8, 4) is 11.1 Å². The van der Waals surface area contributed by atoms with Crippen LogP contribution < -0.4 is 5.48 Å². The van der Waals surface area contributed by atoms with Crippen LogP contribution in [0.4, 0.5) is 0 Å². The molecule has 18 heavy (non-hydrogen) atoms. The zero-order valence-electron chi connectivity index (χ0n) is 10.2. The highest BCUT2D eigenvalue weighted by molar-refractivity contribution is 5.93. The van der Waals surface area contributed by atoms with E-state index in [-0.39, 0.29) is 0 Å². The van der Waals surface area contributed by atoms with E-state index in [0.29, 0.717) is 5.56 Å². The van der Waals surface area contributed by atoms with E-state index in [1.54, 1.807) is 17.6 Å². The lowest BCUT2D eigenvalue weighted by atomic mass is 10.0. The molecule has 0 atom stereocenters. The first-order chi connectivity index (χ1) is 8.74. The van der Waals surface area contributed by atoms with Crippen molar-refractivity contribution in [2.45, 2.75) is 13.3 Å². The van der Waals surface area contributed by atoms with Gasteiger partial charge in [-0.1, -0.05) is 43.3 Å². The Bertz CT molecular complexity index is 529. The second kappa shape index (κ2) is 5.47. The Morgan fingerprint density at radius 3 is 1.94 bits per heavy atom. The molecule has 0 bridgehead atoms. The third-order valence-corrected chi connectivity index (χ3v) is 2.94. The van der Waals surface area contributed by atoms with Gasteiger partial charge < -0.3 is 0 Å². The topological polar surface area (TPSA) is 49.3 Å². The Hall–Kier alpha value is -2.13. The van der Waals surface area contributed by atoms with Gasteiger partial charge in [0, 0.05) is 5.56 Å². The molecule has 0 heterocycles. The first kappa shape index (κ1) is 12.3. The molecule has 2 rings (SSSR count). The maximum atomic E-state index is 11.2. The molecule has 92 valence electrons. The summed E-state index contributed by atoms with van der Waals surface area (Å²) in [6.07, 6.45) is 1.02. The summed E-state index contributed by atoms with van der Waals surface area (Å²) in [5.74, 6) is -0.497. The summed E-state index contributed by atoms with van der Waals surface area (Å²) in [4.78, 5) is 11.2. The van der Waals surface area contributed by atoms with Crippen LogP contribution in [0.2, 0.25) is 0 Å². The van der Waals surface area contributed by atoms with E-state index < -0.39 is 5.91 Å². The molecule has 0 saturated heterocycles. The zero-order valence-corrected chi connectivity index (χ0v) is 10.2. The number of aryl methyl sites for hydroxylation is 1. The van der Waals surface area contributed by atoms with Crippen molar-refractivity contribution in [2.75, 3.05) is 0 Å². The second-order valence-electron chi connectivity index (χ2n) is 4.07. The monoisotopic (exact) mass is 241 g/mol. The van der Waals surface area contributed by atoms with Crippen LogP contribution in [0.15, 0.2) is 48.5 Å². The standard InChI is InChI=1S/C15H15NO2/c1-2-11-3-5-12(6-4-11)13-7-9-14(10-8-13)15(17)16-18/h3-10,18H,2H2,1H3,(H,16,17). The molecule has 0 aliphatic rings. The number of nitrogens with one attached hydrogen (secondary N) is 1. The van der Waals surface area contributed by atoms with Crippen LogP contribution >= 0.6 is 0 Å². The predicted octanol–water partition coefficient (Wildman–Crippen LogP) is 3.04. The summed E-state index contributed by atoms with van der Waals surface area (Å²) in [6.45, 7) is 2.12. The number of hydrogen-bond acceptors (Lipinski definition) is 2. The van der Waals surface area contributed by atoms with E-state index in [2.05, 4.69) is 31.2 Å². The van der Waals surface area contributed by atoms with E-state index in [9.17, 15) is 4.79 Å². The molecule has 0 radical (unpaired) electrons. The first-order valence-corrected chi connectivity index (χ1v) is 5.88. The predicted molar refractivity (Wildman–Crippen MR) is 70.5 cm³/mol. The summed E-state index contributed by atoms with van der Waals surface area (Å²) in [5.41, 5.74) is 5.52. The molecule has 2 N–H and O–H groups in total. The van der Waals surface area contributed by atoms with Crippen molar-refractivity contribution in [3.63, 3.8) is 0 Å². The Morgan fingerprint density at radius 1 is 1.00 bits per heavy atom. The number of carbonyl (C=O) groups excluding carboxylic acids is 1. The van der Waals surface area contributed by atoms with Gasteiger partial charge >= 0.3 is 0 Å². The van der Waals surface area contributed by atoms with Crippen molar-refractivity contribution in [3.05, 3.63) is 59.7 Å². The summed E-state index contributed by atoms with van der Waals surface area (Å²) in [6, 6.07) is 15.5. The van der Waals surface area contributed by atoms with E-state index >= 15 is 0 Å². The summed E-state index contributed by atoms with van der Waals surface area (Å²) < 4.78 is 0. The van der Waals surface area contributed by atoms with Gasteiger partial charge in [-0.3, -0.25) is 10.0 Å². The first-order valence-electron chi connectivity index (χ1n) is 5.88. The Kier molecular flexibility index (Phi) is 3.75. The Balaban J connectivity index is 2.25. The second-order valence-corrected chi connectivity index (χ2v) is 4.07. The van der Waals surface area contributed by atoms with Crippen LogP contribution in [0.5, 0.6) is 0 Å². The fourth-order valence-corrected chi connectivity index (χ4v) is 1.81. The average molecular weight is 241 g/mol. The molecule has 3 nitrogen and oxygen atoms in total. The molecule has 1 amide bonds. The third kappa shape index (κ3) is 2.57. The van der Waals surface area contributed by atoms with Gasteiger partial charge in [-0.05, 0) is 35.2 Å². The van der Waals surface area contributed by atoms with E-state index in [1.807, 2.05) is 12.1 Å². The van der Waals surface area contributed by atoms with Gasteiger partial charge in [-0.15, -0.1) is 0 Å². The van der Waals surface area contributed by atoms with Crippen LogP contribution in [-0.4, -0.2) is 11.1 Å². The molecular weight excluding hydrogens is 226 g/mol.